The first kappa shape index (κ1) is 16.8. The van der Waals surface area contributed by atoms with Crippen molar-refractivity contribution in [2.45, 2.75) is 17.4 Å². The summed E-state index contributed by atoms with van der Waals surface area (Å²) in [5, 5.41) is 4.03. The van der Waals surface area contributed by atoms with E-state index in [-0.39, 0.29) is 11.9 Å². The van der Waals surface area contributed by atoms with E-state index in [0.29, 0.717) is 0 Å². The van der Waals surface area contributed by atoms with Crippen LogP contribution in [0.1, 0.15) is 5.56 Å². The van der Waals surface area contributed by atoms with Crippen molar-refractivity contribution >= 4 is 39.3 Å². The van der Waals surface area contributed by atoms with Crippen LogP contribution in [-0.4, -0.2) is 18.8 Å². The summed E-state index contributed by atoms with van der Waals surface area (Å²) in [7, 11) is 1.93. The Morgan fingerprint density at radius 3 is 2.57 bits per heavy atom. The van der Waals surface area contributed by atoms with Gasteiger partial charge in [0, 0.05) is 26.2 Å². The van der Waals surface area contributed by atoms with Crippen molar-refractivity contribution in [2.24, 2.45) is 0 Å². The molecule has 112 valence electrons. The van der Waals surface area contributed by atoms with Crippen molar-refractivity contribution in [2.75, 3.05) is 12.8 Å². The second-order valence-corrected chi connectivity index (χ2v) is 7.18. The number of halogens is 3. The van der Waals surface area contributed by atoms with Crippen molar-refractivity contribution in [1.29, 1.82) is 0 Å². The fraction of sp³-hybridized carbons (Fsp3) is 0.250. The first-order valence-corrected chi connectivity index (χ1v) is 8.73. The second kappa shape index (κ2) is 8.18. The van der Waals surface area contributed by atoms with E-state index in [0.717, 1.165) is 27.2 Å². The molecule has 0 amide bonds. The first-order valence-electron chi connectivity index (χ1n) is 6.57. The van der Waals surface area contributed by atoms with Crippen molar-refractivity contribution < 1.29 is 4.39 Å². The number of nitrogens with one attached hydrogen (secondary N) is 1. The molecule has 0 saturated carbocycles. The molecule has 0 saturated heterocycles. The van der Waals surface area contributed by atoms with Crippen LogP contribution in [-0.2, 0) is 6.42 Å². The zero-order valence-corrected chi connectivity index (χ0v) is 14.7. The molecule has 1 atom stereocenters. The Labute approximate surface area is 142 Å². The van der Waals surface area contributed by atoms with Gasteiger partial charge in [0.1, 0.15) is 5.82 Å². The van der Waals surface area contributed by atoms with E-state index in [9.17, 15) is 4.39 Å². The van der Waals surface area contributed by atoms with Crippen molar-refractivity contribution in [1.82, 2.24) is 5.32 Å². The number of hydrogen-bond acceptors (Lipinski definition) is 2. The van der Waals surface area contributed by atoms with Crippen LogP contribution >= 0.6 is 39.3 Å². The largest absolute Gasteiger partial charge is 0.316 e. The summed E-state index contributed by atoms with van der Waals surface area (Å²) in [6.07, 6.45) is 0.785. The highest BCUT2D eigenvalue weighted by Gasteiger charge is 2.09. The van der Waals surface area contributed by atoms with Gasteiger partial charge in [-0.3, -0.25) is 0 Å². The lowest BCUT2D eigenvalue weighted by atomic mass is 10.1. The Balaban J connectivity index is 1.95. The monoisotopic (exact) mass is 387 g/mol. The highest BCUT2D eigenvalue weighted by Crippen LogP contribution is 2.22. The molecule has 0 aliphatic rings. The van der Waals surface area contributed by atoms with E-state index in [1.165, 1.54) is 11.0 Å². The SMILES string of the molecule is CNC(CSc1ccc(Cl)cc1)Cc1cc(F)cc(Br)c1. The van der Waals surface area contributed by atoms with Gasteiger partial charge in [-0.05, 0) is 61.5 Å². The highest BCUT2D eigenvalue weighted by molar-refractivity contribution is 9.10. The predicted molar refractivity (Wildman–Crippen MR) is 92.8 cm³/mol. The lowest BCUT2D eigenvalue weighted by molar-refractivity contribution is 0.602. The van der Waals surface area contributed by atoms with Crippen LogP contribution in [0, 0.1) is 5.82 Å². The molecular formula is C16H16BrClFNS. The van der Waals surface area contributed by atoms with Gasteiger partial charge >= 0.3 is 0 Å². The summed E-state index contributed by atoms with van der Waals surface area (Å²) in [6.45, 7) is 0. The van der Waals surface area contributed by atoms with Gasteiger partial charge in [0.15, 0.2) is 0 Å². The van der Waals surface area contributed by atoms with Crippen LogP contribution in [0.25, 0.3) is 0 Å². The summed E-state index contributed by atoms with van der Waals surface area (Å²) in [5.41, 5.74) is 0.984. The highest BCUT2D eigenvalue weighted by atomic mass is 79.9. The zero-order valence-electron chi connectivity index (χ0n) is 11.6. The molecule has 21 heavy (non-hydrogen) atoms. The van der Waals surface area contributed by atoms with Crippen LogP contribution in [0.4, 0.5) is 4.39 Å². The lowest BCUT2D eigenvalue weighted by Gasteiger charge is -2.16. The number of benzene rings is 2. The van der Waals surface area contributed by atoms with Gasteiger partial charge in [-0.1, -0.05) is 27.5 Å². The molecule has 0 spiro atoms. The molecule has 0 aliphatic carbocycles. The Bertz CT molecular complexity index is 571. The Morgan fingerprint density at radius 2 is 1.95 bits per heavy atom. The Kier molecular flexibility index (Phi) is 6.55. The summed E-state index contributed by atoms with van der Waals surface area (Å²) < 4.78 is 14.2. The second-order valence-electron chi connectivity index (χ2n) is 4.73. The number of likely N-dealkylation sites (N-methyl/N-ethyl adjacent to an activating group) is 1. The van der Waals surface area contributed by atoms with E-state index < -0.39 is 0 Å². The molecule has 0 fully saturated rings. The van der Waals surface area contributed by atoms with Gasteiger partial charge in [-0.2, -0.15) is 0 Å². The van der Waals surface area contributed by atoms with Crippen molar-refractivity contribution in [3.63, 3.8) is 0 Å². The maximum Gasteiger partial charge on any atom is 0.124 e. The van der Waals surface area contributed by atoms with E-state index in [1.54, 1.807) is 17.8 Å². The minimum absolute atomic E-state index is 0.209. The van der Waals surface area contributed by atoms with Gasteiger partial charge in [-0.25, -0.2) is 4.39 Å². The molecular weight excluding hydrogens is 373 g/mol. The summed E-state index contributed by atoms with van der Waals surface area (Å²) in [5.74, 6) is 0.700. The number of hydrogen-bond donors (Lipinski definition) is 1. The molecule has 0 heterocycles. The van der Waals surface area contributed by atoms with Crippen molar-refractivity contribution in [3.8, 4) is 0 Å². The average molecular weight is 389 g/mol. The van der Waals surface area contributed by atoms with Gasteiger partial charge in [0.05, 0.1) is 0 Å². The number of thioether (sulfide) groups is 1. The van der Waals surface area contributed by atoms with Crippen LogP contribution in [0.15, 0.2) is 51.8 Å². The molecule has 0 aliphatic heterocycles. The molecule has 1 nitrogen and oxygen atoms in total. The van der Waals surface area contributed by atoms with E-state index in [4.69, 9.17) is 11.6 Å². The maximum atomic E-state index is 13.4. The molecule has 0 aromatic heterocycles. The average Bonchev–Trinajstić information content (AvgIpc) is 2.44. The van der Waals surface area contributed by atoms with Gasteiger partial charge in [0.25, 0.3) is 0 Å². The fourth-order valence-electron chi connectivity index (χ4n) is 1.99. The molecule has 2 aromatic carbocycles. The maximum absolute atomic E-state index is 13.4. The smallest absolute Gasteiger partial charge is 0.124 e. The first-order chi connectivity index (χ1) is 10.1. The molecule has 2 rings (SSSR count). The van der Waals surface area contributed by atoms with E-state index in [1.807, 2.05) is 37.4 Å². The quantitative estimate of drug-likeness (QED) is 0.686. The van der Waals surface area contributed by atoms with Gasteiger partial charge < -0.3 is 5.32 Å². The van der Waals surface area contributed by atoms with Gasteiger partial charge in [0.2, 0.25) is 0 Å². The van der Waals surface area contributed by atoms with Crippen LogP contribution in [0.3, 0.4) is 0 Å². The molecule has 0 radical (unpaired) electrons. The molecule has 0 bridgehead atoms. The van der Waals surface area contributed by atoms with Gasteiger partial charge in [-0.15, -0.1) is 11.8 Å². The topological polar surface area (TPSA) is 12.0 Å². The van der Waals surface area contributed by atoms with Crippen LogP contribution < -0.4 is 5.32 Å². The number of rotatable bonds is 6. The van der Waals surface area contributed by atoms with E-state index in [2.05, 4.69) is 21.2 Å². The third-order valence-corrected chi connectivity index (χ3v) is 4.96. The summed E-state index contributed by atoms with van der Waals surface area (Å²) in [4.78, 5) is 1.18. The normalized spacial score (nSPS) is 12.4. The van der Waals surface area contributed by atoms with Crippen LogP contribution in [0.5, 0.6) is 0 Å². The molecule has 1 unspecified atom stereocenters. The molecule has 2 aromatic rings. The third kappa shape index (κ3) is 5.62. The molecule has 1 N–H and O–H groups in total. The summed E-state index contributed by atoms with van der Waals surface area (Å²) >= 11 is 11.0. The minimum Gasteiger partial charge on any atom is -0.316 e. The zero-order chi connectivity index (χ0) is 15.2. The standard InChI is InChI=1S/C16H16BrClFNS/c1-20-15(8-11-6-12(17)9-14(19)7-11)10-21-16-4-2-13(18)3-5-16/h2-7,9,15,20H,8,10H2,1H3. The third-order valence-electron chi connectivity index (χ3n) is 3.08. The molecule has 5 heteroatoms. The fourth-order valence-corrected chi connectivity index (χ4v) is 3.63. The van der Waals surface area contributed by atoms with Crippen molar-refractivity contribution in [3.05, 3.63) is 63.3 Å². The van der Waals surface area contributed by atoms with E-state index >= 15 is 0 Å². The minimum atomic E-state index is -0.209. The summed E-state index contributed by atoms with van der Waals surface area (Å²) in [6, 6.07) is 13.1. The lowest BCUT2D eigenvalue weighted by Crippen LogP contribution is -2.30. The Hall–Kier alpha value is -0.550. The van der Waals surface area contributed by atoms with Crippen LogP contribution in [0.2, 0.25) is 5.02 Å². The predicted octanol–water partition coefficient (Wildman–Crippen LogP) is 5.16. The Morgan fingerprint density at radius 1 is 1.24 bits per heavy atom.